The molecule has 0 aromatic carbocycles. The molecule has 0 radical (unpaired) electrons. The number of aliphatic hydroxyl groups is 2. The van der Waals surface area contributed by atoms with Crippen LogP contribution < -0.4 is 20.4 Å². The Bertz CT molecular complexity index is 1760. The van der Waals surface area contributed by atoms with Crippen LogP contribution in [0, 0.1) is 34.5 Å². The molecule has 17 heteroatoms. The topological polar surface area (TPSA) is 248 Å². The predicted octanol–water partition coefficient (Wildman–Crippen LogP) is 5.73. The molecule has 4 aliphatic rings. The summed E-state index contributed by atoms with van der Waals surface area (Å²) in [4.78, 5) is 77.1. The quantitative estimate of drug-likeness (QED) is 0.0630. The van der Waals surface area contributed by atoms with Crippen molar-refractivity contribution in [2.75, 3.05) is 28.2 Å². The molecule has 0 aliphatic carbocycles. The van der Waals surface area contributed by atoms with Gasteiger partial charge in [-0.15, -0.1) is 0 Å². The fourth-order valence-corrected chi connectivity index (χ4v) is 15.9. The molecule has 4 rings (SSSR count). The minimum Gasteiger partial charge on any atom is -0.550 e. The predicted molar refractivity (Wildman–Crippen MR) is 314 cm³/mol. The van der Waals surface area contributed by atoms with Crippen LogP contribution >= 0.6 is 0 Å². The molecular formula is C64H114N4O12Sn. The van der Waals surface area contributed by atoms with Gasteiger partial charge in [-0.1, -0.05) is 51.4 Å². The van der Waals surface area contributed by atoms with E-state index in [2.05, 4.69) is 159 Å². The summed E-state index contributed by atoms with van der Waals surface area (Å²) in [5, 5.41) is 64.9. The molecule has 0 spiro atoms. The van der Waals surface area contributed by atoms with Crippen molar-refractivity contribution in [3.63, 3.8) is 0 Å². The van der Waals surface area contributed by atoms with Gasteiger partial charge in [-0.2, -0.15) is 0 Å². The van der Waals surface area contributed by atoms with Crippen molar-refractivity contribution in [2.24, 2.45) is 34.5 Å². The minimum absolute atomic E-state index is 0. The fourth-order valence-electron chi connectivity index (χ4n) is 15.9. The second kappa shape index (κ2) is 29.9. The number of aliphatic carboxylic acids is 4. The Hall–Kier alpha value is -2.22. The molecule has 2 atom stereocenters. The summed E-state index contributed by atoms with van der Waals surface area (Å²) >= 11 is 0. The number of unbranched alkanes of at least 4 members (excludes halogenated alkanes) is 8. The van der Waals surface area contributed by atoms with E-state index < -0.39 is 46.9 Å². The second-order valence-corrected chi connectivity index (χ2v) is 30.3. The normalized spacial score (nSPS) is 23.9. The van der Waals surface area contributed by atoms with Crippen molar-refractivity contribution in [1.29, 1.82) is 0 Å². The van der Waals surface area contributed by atoms with Gasteiger partial charge in [-0.25, -0.2) is 0 Å². The monoisotopic (exact) mass is 1250 g/mol. The summed E-state index contributed by atoms with van der Waals surface area (Å²) in [7, 11) is 8.69. The smallest absolute Gasteiger partial charge is 0.550 e. The van der Waals surface area contributed by atoms with E-state index in [-0.39, 0.29) is 117 Å². The summed E-state index contributed by atoms with van der Waals surface area (Å²) in [6, 6.07) is 0. The SMILES string of the molecule is CN1C(C)(C)CC(C(CCCCCCCC(=O)[O-])(C(=O)[O-])C2CC(C)(C)N(C)C(C)(C)C2)CC1(C)C.CN1C(C)(C)CC(C(CCCCCCCC(=O)[O-])(C(=O)[O-])C2CC(C)(C)N(C)C(C)(C)C2)CC1(C)C.O=CC(O)C(O)C=O.[Sn+4]. The number of aliphatic hydroxyl groups excluding tert-OH is 2. The Balaban J connectivity index is 0.000000705. The fraction of sp³-hybridized carbons (Fsp3) is 0.906. The van der Waals surface area contributed by atoms with Gasteiger partial charge in [0, 0.05) is 79.0 Å². The Morgan fingerprint density at radius 3 is 0.728 bits per heavy atom. The minimum atomic E-state index is -1.58. The van der Waals surface area contributed by atoms with Crippen molar-refractivity contribution in [3.05, 3.63) is 0 Å². The first-order chi connectivity index (χ1) is 36.3. The number of nitrogens with zero attached hydrogens (tertiary/aromatic N) is 4. The maximum absolute atomic E-state index is 13.5. The number of aldehydes is 2. The molecule has 81 heavy (non-hydrogen) atoms. The van der Waals surface area contributed by atoms with Gasteiger partial charge in [0.1, 0.15) is 12.2 Å². The van der Waals surface area contributed by atoms with Crippen molar-refractivity contribution >= 4 is 60.4 Å². The number of carbonyl (C=O) groups excluding carboxylic acids is 6. The molecule has 4 heterocycles. The molecule has 2 N–H and O–H groups in total. The van der Waals surface area contributed by atoms with Crippen LogP contribution in [0.1, 0.15) is 252 Å². The summed E-state index contributed by atoms with van der Waals surface area (Å²) in [6.45, 7) is 36.0. The molecule has 0 amide bonds. The molecule has 0 bridgehead atoms. The Labute approximate surface area is 508 Å². The number of hydrogen-bond acceptors (Lipinski definition) is 16. The molecule has 4 saturated heterocycles. The van der Waals surface area contributed by atoms with Gasteiger partial charge in [0.2, 0.25) is 0 Å². The van der Waals surface area contributed by atoms with Crippen LogP contribution in [-0.2, 0) is 28.8 Å². The van der Waals surface area contributed by atoms with Crippen molar-refractivity contribution in [1.82, 2.24) is 19.6 Å². The number of rotatable bonds is 25. The first-order valence-electron chi connectivity index (χ1n) is 30.4. The number of carboxylic acids is 4. The van der Waals surface area contributed by atoms with Crippen LogP contribution in [0.15, 0.2) is 0 Å². The largest absolute Gasteiger partial charge is 4.00 e. The summed E-state index contributed by atoms with van der Waals surface area (Å²) in [5.74, 6) is -3.53. The zero-order valence-corrected chi connectivity index (χ0v) is 57.3. The standard InChI is InChI=1S/2C30H56N2O4.C4H6O4.Sn/c2*1-26(2)18-22(19-27(3,4)31(26)9)30(25(35)36,17-15-13-11-12-14-16-24(33)34)23-20-28(5,6)32(10)29(7,8)21-23;5-1-3(7)4(8)2-6;/h2*22-23H,11-21H2,1-10H3,(H,33,34)(H,35,36);1-4,7-8H;/q;;;+4/p-4. The molecule has 0 saturated carbocycles. The average Bonchev–Trinajstić information content (AvgIpc) is 3.31. The van der Waals surface area contributed by atoms with Crippen LogP contribution in [0.5, 0.6) is 0 Å². The number of carboxylic acid groups (broad SMARTS) is 4. The first kappa shape index (κ1) is 76.8. The van der Waals surface area contributed by atoms with Crippen LogP contribution in [-0.4, -0.2) is 175 Å². The van der Waals surface area contributed by atoms with Crippen molar-refractivity contribution < 1.29 is 59.4 Å². The van der Waals surface area contributed by atoms with E-state index in [4.69, 9.17) is 10.2 Å². The number of hydrogen-bond donors (Lipinski definition) is 2. The van der Waals surface area contributed by atoms with E-state index >= 15 is 0 Å². The third-order valence-corrected chi connectivity index (χ3v) is 21.5. The Kier molecular flexibility index (Phi) is 28.4. The van der Waals surface area contributed by atoms with Crippen LogP contribution in [0.2, 0.25) is 0 Å². The van der Waals surface area contributed by atoms with E-state index in [9.17, 15) is 49.2 Å². The zero-order chi connectivity index (χ0) is 62.1. The van der Waals surface area contributed by atoms with Gasteiger partial charge in [0.05, 0.1) is 0 Å². The average molecular weight is 1250 g/mol. The van der Waals surface area contributed by atoms with Crippen molar-refractivity contribution in [3.8, 4) is 0 Å². The number of likely N-dealkylation sites (tertiary alicyclic amines) is 4. The Morgan fingerprint density at radius 2 is 0.568 bits per heavy atom. The molecule has 4 fully saturated rings. The molecule has 0 aromatic rings. The number of piperidine rings is 4. The van der Waals surface area contributed by atoms with Gasteiger partial charge in [0.25, 0.3) is 0 Å². The van der Waals surface area contributed by atoms with E-state index in [0.29, 0.717) is 25.7 Å². The van der Waals surface area contributed by atoms with Crippen LogP contribution in [0.25, 0.3) is 0 Å². The summed E-state index contributed by atoms with van der Waals surface area (Å²) in [6.07, 6.45) is 13.6. The van der Waals surface area contributed by atoms with E-state index in [0.717, 1.165) is 103 Å². The molecule has 2 unspecified atom stereocenters. The van der Waals surface area contributed by atoms with Crippen LogP contribution in [0.3, 0.4) is 0 Å². The third kappa shape index (κ3) is 19.4. The Morgan fingerprint density at radius 1 is 0.395 bits per heavy atom. The molecular weight excluding hydrogens is 1140 g/mol. The summed E-state index contributed by atoms with van der Waals surface area (Å²) < 4.78 is 0. The van der Waals surface area contributed by atoms with Gasteiger partial charge in [-0.05, 0) is 253 Å². The molecule has 4 aliphatic heterocycles. The van der Waals surface area contributed by atoms with Crippen LogP contribution in [0.4, 0.5) is 0 Å². The molecule has 16 nitrogen and oxygen atoms in total. The molecule has 0 aromatic heterocycles. The summed E-state index contributed by atoms with van der Waals surface area (Å²) in [5.41, 5.74) is -2.58. The first-order valence-corrected chi connectivity index (χ1v) is 30.4. The van der Waals surface area contributed by atoms with Gasteiger partial charge >= 0.3 is 23.9 Å². The van der Waals surface area contributed by atoms with Gasteiger partial charge in [0.15, 0.2) is 12.6 Å². The zero-order valence-electron chi connectivity index (χ0n) is 54.4. The number of carbonyl (C=O) groups is 6. The maximum Gasteiger partial charge on any atom is 4.00 e. The van der Waals surface area contributed by atoms with Gasteiger partial charge < -0.3 is 59.4 Å². The van der Waals surface area contributed by atoms with E-state index in [1.165, 1.54) is 0 Å². The van der Waals surface area contributed by atoms with Gasteiger partial charge in [-0.3, -0.25) is 19.6 Å². The van der Waals surface area contributed by atoms with E-state index in [1.807, 2.05) is 0 Å². The maximum atomic E-state index is 13.5. The van der Waals surface area contributed by atoms with Crippen molar-refractivity contribution in [2.45, 2.75) is 309 Å². The second-order valence-electron chi connectivity index (χ2n) is 30.3. The third-order valence-electron chi connectivity index (χ3n) is 21.5. The van der Waals surface area contributed by atoms with E-state index in [1.54, 1.807) is 0 Å². The molecule has 466 valence electrons.